The van der Waals surface area contributed by atoms with Crippen LogP contribution in [0.1, 0.15) is 12.8 Å². The van der Waals surface area contributed by atoms with Gasteiger partial charge in [0.1, 0.15) is 5.82 Å². The van der Waals surface area contributed by atoms with Crippen LogP contribution in [0.25, 0.3) is 0 Å². The van der Waals surface area contributed by atoms with Gasteiger partial charge in [-0.3, -0.25) is 4.79 Å². The van der Waals surface area contributed by atoms with E-state index < -0.39 is 0 Å². The second kappa shape index (κ2) is 7.26. The van der Waals surface area contributed by atoms with Crippen molar-refractivity contribution in [2.24, 2.45) is 5.92 Å². The van der Waals surface area contributed by atoms with E-state index in [9.17, 15) is 4.79 Å². The molecule has 3 heterocycles. The van der Waals surface area contributed by atoms with E-state index in [1.807, 2.05) is 40.9 Å². The Bertz CT molecular complexity index is 613. The predicted octanol–water partition coefficient (Wildman–Crippen LogP) is 1.65. The summed E-state index contributed by atoms with van der Waals surface area (Å²) < 4.78 is 1.99. The number of anilines is 1. The molecule has 1 aliphatic rings. The van der Waals surface area contributed by atoms with E-state index in [2.05, 4.69) is 14.9 Å². The molecular formula is C17H23N5O. The Kier molecular flexibility index (Phi) is 4.90. The lowest BCUT2D eigenvalue weighted by molar-refractivity contribution is -0.134. The molecule has 1 saturated heterocycles. The third kappa shape index (κ3) is 3.88. The van der Waals surface area contributed by atoms with Crippen molar-refractivity contribution in [3.8, 4) is 0 Å². The molecule has 122 valence electrons. The van der Waals surface area contributed by atoms with Gasteiger partial charge < -0.3 is 14.4 Å². The maximum atomic E-state index is 12.7. The molecule has 1 amide bonds. The van der Waals surface area contributed by atoms with Crippen LogP contribution in [0.3, 0.4) is 0 Å². The lowest BCUT2D eigenvalue weighted by atomic mass is 9.96. The number of hydrogen-bond acceptors (Lipinski definition) is 4. The molecule has 1 atom stereocenters. The van der Waals surface area contributed by atoms with E-state index >= 15 is 0 Å². The van der Waals surface area contributed by atoms with E-state index in [1.54, 1.807) is 18.7 Å². The van der Waals surface area contributed by atoms with Gasteiger partial charge in [0.25, 0.3) is 0 Å². The summed E-state index contributed by atoms with van der Waals surface area (Å²) in [6, 6.07) is 5.92. The molecule has 0 aromatic carbocycles. The van der Waals surface area contributed by atoms with Gasteiger partial charge in [0.05, 0.1) is 12.2 Å². The second-order valence-corrected chi connectivity index (χ2v) is 6.03. The molecule has 3 rings (SSSR count). The number of carbonyl (C=O) groups is 1. The van der Waals surface area contributed by atoms with Gasteiger partial charge in [-0.05, 0) is 25.0 Å². The molecule has 1 unspecified atom stereocenters. The first-order valence-electron chi connectivity index (χ1n) is 8.11. The van der Waals surface area contributed by atoms with Gasteiger partial charge in [-0.15, -0.1) is 0 Å². The zero-order chi connectivity index (χ0) is 16.1. The van der Waals surface area contributed by atoms with Crippen LogP contribution in [0.15, 0.2) is 43.1 Å². The van der Waals surface area contributed by atoms with Crippen molar-refractivity contribution in [2.75, 3.05) is 31.6 Å². The van der Waals surface area contributed by atoms with Crippen LogP contribution in [0, 0.1) is 5.92 Å². The van der Waals surface area contributed by atoms with Crippen molar-refractivity contribution in [3.05, 3.63) is 43.1 Å². The molecule has 1 aliphatic heterocycles. The number of aromatic nitrogens is 3. The first kappa shape index (κ1) is 15.5. The fourth-order valence-electron chi connectivity index (χ4n) is 3.03. The van der Waals surface area contributed by atoms with Crippen molar-refractivity contribution in [3.63, 3.8) is 0 Å². The van der Waals surface area contributed by atoms with Crippen molar-refractivity contribution >= 4 is 11.7 Å². The third-order valence-electron chi connectivity index (χ3n) is 4.37. The fraction of sp³-hybridized carbons (Fsp3) is 0.471. The average Bonchev–Trinajstić information content (AvgIpc) is 3.13. The maximum absolute atomic E-state index is 12.7. The molecule has 0 saturated carbocycles. The van der Waals surface area contributed by atoms with Crippen molar-refractivity contribution in [1.29, 1.82) is 0 Å². The van der Waals surface area contributed by atoms with E-state index in [1.165, 1.54) is 0 Å². The van der Waals surface area contributed by atoms with Crippen molar-refractivity contribution in [2.45, 2.75) is 19.4 Å². The summed E-state index contributed by atoms with van der Waals surface area (Å²) in [6.07, 6.45) is 9.25. The third-order valence-corrected chi connectivity index (χ3v) is 4.37. The zero-order valence-corrected chi connectivity index (χ0v) is 13.5. The number of rotatable bonds is 5. The van der Waals surface area contributed by atoms with Crippen molar-refractivity contribution < 1.29 is 4.79 Å². The SMILES string of the molecule is CN(CCn1ccnc1)C(=O)C1CCCN(c2ccccn2)C1. The Balaban J connectivity index is 1.56. The first-order valence-corrected chi connectivity index (χ1v) is 8.11. The molecule has 0 radical (unpaired) electrons. The molecule has 2 aromatic rings. The standard InChI is InChI=1S/C17H23N5O/c1-20(11-12-21-10-8-18-14-21)17(23)15-5-4-9-22(13-15)16-6-2-3-7-19-16/h2-3,6-8,10,14-15H,4-5,9,11-13H2,1H3. The number of carbonyl (C=O) groups excluding carboxylic acids is 1. The number of nitrogens with zero attached hydrogens (tertiary/aromatic N) is 5. The Morgan fingerprint density at radius 2 is 2.30 bits per heavy atom. The summed E-state index contributed by atoms with van der Waals surface area (Å²) in [6.45, 7) is 3.21. The highest BCUT2D eigenvalue weighted by molar-refractivity contribution is 5.79. The summed E-state index contributed by atoms with van der Waals surface area (Å²) in [5.41, 5.74) is 0. The largest absolute Gasteiger partial charge is 0.356 e. The average molecular weight is 313 g/mol. The molecule has 6 nitrogen and oxygen atoms in total. The highest BCUT2D eigenvalue weighted by Crippen LogP contribution is 2.22. The van der Waals surface area contributed by atoms with Crippen LogP contribution in [0.4, 0.5) is 5.82 Å². The second-order valence-electron chi connectivity index (χ2n) is 6.03. The number of amides is 1. The van der Waals surface area contributed by atoms with Crippen LogP contribution in [0.5, 0.6) is 0 Å². The lowest BCUT2D eigenvalue weighted by Gasteiger charge is -2.34. The normalized spacial score (nSPS) is 18.0. The first-order chi connectivity index (χ1) is 11.2. The summed E-state index contributed by atoms with van der Waals surface area (Å²) >= 11 is 0. The minimum atomic E-state index is 0.0542. The van der Waals surface area contributed by atoms with Crippen LogP contribution < -0.4 is 4.90 Å². The molecule has 2 aromatic heterocycles. The minimum Gasteiger partial charge on any atom is -0.356 e. The van der Waals surface area contributed by atoms with E-state index in [4.69, 9.17) is 0 Å². The van der Waals surface area contributed by atoms with Gasteiger partial charge in [0.2, 0.25) is 5.91 Å². The smallest absolute Gasteiger partial charge is 0.227 e. The molecule has 0 spiro atoms. The van der Waals surface area contributed by atoms with E-state index in [-0.39, 0.29) is 11.8 Å². The molecule has 0 N–H and O–H groups in total. The summed E-state index contributed by atoms with van der Waals surface area (Å²) in [7, 11) is 1.89. The molecule has 6 heteroatoms. The maximum Gasteiger partial charge on any atom is 0.227 e. The van der Waals surface area contributed by atoms with E-state index in [0.717, 1.165) is 38.3 Å². The number of hydrogen-bond donors (Lipinski definition) is 0. The summed E-state index contributed by atoms with van der Waals surface area (Å²) in [4.78, 5) is 25.2. The van der Waals surface area contributed by atoms with Crippen LogP contribution >= 0.6 is 0 Å². The zero-order valence-electron chi connectivity index (χ0n) is 13.5. The van der Waals surface area contributed by atoms with Gasteiger partial charge in [0, 0.05) is 51.8 Å². The predicted molar refractivity (Wildman–Crippen MR) is 89.0 cm³/mol. The Morgan fingerprint density at radius 1 is 1.39 bits per heavy atom. The molecule has 23 heavy (non-hydrogen) atoms. The minimum absolute atomic E-state index is 0.0542. The number of piperidine rings is 1. The summed E-state index contributed by atoms with van der Waals surface area (Å²) in [5.74, 6) is 1.25. The van der Waals surface area contributed by atoms with Crippen molar-refractivity contribution in [1.82, 2.24) is 19.4 Å². The van der Waals surface area contributed by atoms with Gasteiger partial charge in [0.15, 0.2) is 0 Å². The topological polar surface area (TPSA) is 54.3 Å². The summed E-state index contributed by atoms with van der Waals surface area (Å²) in [5, 5.41) is 0. The Morgan fingerprint density at radius 3 is 3.04 bits per heavy atom. The van der Waals surface area contributed by atoms with Gasteiger partial charge in [-0.2, -0.15) is 0 Å². The molecule has 0 bridgehead atoms. The highest BCUT2D eigenvalue weighted by Gasteiger charge is 2.28. The highest BCUT2D eigenvalue weighted by atomic mass is 16.2. The molecule has 0 aliphatic carbocycles. The number of pyridine rings is 1. The van der Waals surface area contributed by atoms with Gasteiger partial charge in [-0.25, -0.2) is 9.97 Å². The van der Waals surface area contributed by atoms with Gasteiger partial charge >= 0.3 is 0 Å². The Hall–Kier alpha value is -2.37. The van der Waals surface area contributed by atoms with E-state index in [0.29, 0.717) is 6.54 Å². The Labute approximate surface area is 136 Å². The number of likely N-dealkylation sites (N-methyl/N-ethyl adjacent to an activating group) is 1. The fourth-order valence-corrected chi connectivity index (χ4v) is 3.03. The van der Waals surface area contributed by atoms with Crippen LogP contribution in [0.2, 0.25) is 0 Å². The van der Waals surface area contributed by atoms with Crippen LogP contribution in [-0.4, -0.2) is 52.0 Å². The lowest BCUT2D eigenvalue weighted by Crippen LogP contribution is -2.44. The molecular weight excluding hydrogens is 290 g/mol. The monoisotopic (exact) mass is 313 g/mol. The quantitative estimate of drug-likeness (QED) is 0.842. The number of imidazole rings is 1. The van der Waals surface area contributed by atoms with Gasteiger partial charge in [-0.1, -0.05) is 6.07 Å². The molecule has 1 fully saturated rings. The van der Waals surface area contributed by atoms with Crippen LogP contribution in [-0.2, 0) is 11.3 Å².